The van der Waals surface area contributed by atoms with Crippen molar-refractivity contribution in [2.24, 2.45) is 0 Å². The van der Waals surface area contributed by atoms with Crippen molar-refractivity contribution >= 4 is 13.4 Å². The molecule has 1 heterocycles. The van der Waals surface area contributed by atoms with E-state index in [9.17, 15) is 0 Å². The van der Waals surface area contributed by atoms with Gasteiger partial charge in [0.2, 0.25) is 18.4 Å². The predicted octanol–water partition coefficient (Wildman–Crippen LogP) is 3.09. The number of para-hydroxylation sites is 2. The van der Waals surface area contributed by atoms with Gasteiger partial charge < -0.3 is 9.47 Å². The molecule has 0 amide bonds. The lowest BCUT2D eigenvalue weighted by atomic mass is 10.2. The summed E-state index contributed by atoms with van der Waals surface area (Å²) in [5.74, 6) is 1.57. The Morgan fingerprint density at radius 1 is 0.840 bits per heavy atom. The fourth-order valence-electron chi connectivity index (χ4n) is 3.20. The molecule has 4 nitrogen and oxygen atoms in total. The minimum atomic E-state index is -0.420. The topological polar surface area (TPSA) is 24.5 Å². The summed E-state index contributed by atoms with van der Waals surface area (Å²) in [6.45, 7) is 14.3. The molecule has 2 aromatic rings. The molecule has 4 rings (SSSR count). The van der Waals surface area contributed by atoms with Gasteiger partial charge in [0.25, 0.3) is 0 Å². The van der Waals surface area contributed by atoms with E-state index >= 15 is 0 Å². The first kappa shape index (κ1) is 15.6. The molecule has 1 fully saturated rings. The maximum Gasteiger partial charge on any atom is 0.218 e. The van der Waals surface area contributed by atoms with Crippen molar-refractivity contribution in [3.63, 3.8) is 0 Å². The lowest BCUT2D eigenvalue weighted by Gasteiger charge is -2.24. The van der Waals surface area contributed by atoms with Crippen LogP contribution in [0.25, 0.3) is 0 Å². The van der Waals surface area contributed by atoms with Gasteiger partial charge in [0.1, 0.15) is 0 Å². The molecule has 2 aromatic carbocycles. The minimum absolute atomic E-state index is 0.341. The van der Waals surface area contributed by atoms with Crippen molar-refractivity contribution in [2.75, 3.05) is 0 Å². The van der Waals surface area contributed by atoms with Crippen LogP contribution in [0.1, 0.15) is 24.5 Å². The molecule has 2 atom stereocenters. The number of ether oxygens (including phenoxy) is 2. The van der Waals surface area contributed by atoms with Gasteiger partial charge in [-0.3, -0.25) is 9.15 Å². The minimum Gasteiger partial charge on any atom is -0.502 e. The third-order valence-corrected chi connectivity index (χ3v) is 4.61. The highest BCUT2D eigenvalue weighted by Crippen LogP contribution is 2.34. The second-order valence-electron chi connectivity index (χ2n) is 6.54. The van der Waals surface area contributed by atoms with Crippen LogP contribution in [0.15, 0.2) is 48.5 Å². The maximum atomic E-state index is 6.04. The largest absolute Gasteiger partial charge is 0.502 e. The third kappa shape index (κ3) is 3.20. The molecule has 0 bridgehead atoms. The number of nitrogens with zero attached hydrogens (tertiary/aromatic N) is 2. The lowest BCUT2D eigenvalue weighted by Crippen LogP contribution is -2.21. The zero-order chi connectivity index (χ0) is 17.4. The van der Waals surface area contributed by atoms with Gasteiger partial charge in [0.05, 0.1) is 44.4 Å². The summed E-state index contributed by atoms with van der Waals surface area (Å²) in [7, 11) is 0. The summed E-state index contributed by atoms with van der Waals surface area (Å²) >= 11 is 0. The molecule has 0 saturated heterocycles. The van der Waals surface area contributed by atoms with Crippen LogP contribution in [0.3, 0.4) is 0 Å². The molecular weight excluding hydrogens is 312 g/mol. The average Bonchev–Trinajstić information content (AvgIpc) is 3.38. The molecule has 4 heteroatoms. The van der Waals surface area contributed by atoms with Crippen LogP contribution < -0.4 is 9.47 Å². The lowest BCUT2D eigenvalue weighted by molar-refractivity contribution is -0.551. The monoisotopic (exact) mass is 334 g/mol. The maximum absolute atomic E-state index is 6.04. The van der Waals surface area contributed by atoms with Crippen molar-refractivity contribution in [1.29, 1.82) is 0 Å². The molecular formula is C21H22N2O2. The van der Waals surface area contributed by atoms with E-state index in [1.807, 2.05) is 77.7 Å². The van der Waals surface area contributed by atoms with E-state index in [1.165, 1.54) is 0 Å². The van der Waals surface area contributed by atoms with Gasteiger partial charge in [0, 0.05) is 6.92 Å². The Labute approximate surface area is 148 Å². The van der Waals surface area contributed by atoms with Gasteiger partial charge in [-0.1, -0.05) is 24.3 Å². The summed E-state index contributed by atoms with van der Waals surface area (Å²) in [6, 6.07) is 16.6. The summed E-state index contributed by atoms with van der Waals surface area (Å²) in [5, 5.41) is 0. The molecule has 25 heavy (non-hydrogen) atoms. The van der Waals surface area contributed by atoms with Crippen molar-refractivity contribution in [2.45, 2.75) is 31.7 Å². The van der Waals surface area contributed by atoms with Gasteiger partial charge in [-0.2, -0.15) is 0 Å². The molecule has 0 spiro atoms. The predicted molar refractivity (Wildman–Crippen MR) is 97.4 cm³/mol. The molecule has 0 aromatic heterocycles. The highest BCUT2D eigenvalue weighted by atomic mass is 16.7. The van der Waals surface area contributed by atoms with Crippen molar-refractivity contribution in [3.05, 3.63) is 72.7 Å². The van der Waals surface area contributed by atoms with Crippen LogP contribution in [0.2, 0.25) is 0 Å². The van der Waals surface area contributed by atoms with Crippen LogP contribution in [0.4, 0.5) is 0 Å². The van der Waals surface area contributed by atoms with E-state index in [0.29, 0.717) is 12.1 Å². The number of benzene rings is 2. The van der Waals surface area contributed by atoms with Crippen LogP contribution in [0, 0.1) is 13.1 Å². The van der Waals surface area contributed by atoms with E-state index < -0.39 is 6.29 Å². The highest BCUT2D eigenvalue weighted by Gasteiger charge is 2.52. The third-order valence-electron chi connectivity index (χ3n) is 4.61. The Hall–Kier alpha value is -2.88. The quantitative estimate of drug-likeness (QED) is 0.546. The Balaban J connectivity index is 1.70. The Morgan fingerprint density at radius 2 is 1.28 bits per heavy atom. The normalized spacial score (nSPS) is 25.1. The summed E-state index contributed by atoms with van der Waals surface area (Å²) in [5.41, 5.74) is 1.98. The smallest absolute Gasteiger partial charge is 0.218 e. The van der Waals surface area contributed by atoms with Gasteiger partial charge in [0.15, 0.2) is 0 Å². The number of rotatable bonds is 0. The first-order chi connectivity index (χ1) is 12.1. The zero-order valence-corrected chi connectivity index (χ0v) is 14.3. The number of hydrogen-bond donors (Lipinski definition) is 0. The van der Waals surface area contributed by atoms with Crippen molar-refractivity contribution < 1.29 is 18.6 Å². The molecule has 2 aliphatic rings. The van der Waals surface area contributed by atoms with E-state index in [-0.39, 0.29) is 0 Å². The average molecular weight is 334 g/mol. The molecule has 1 aliphatic heterocycles. The van der Waals surface area contributed by atoms with E-state index in [1.54, 1.807) is 0 Å². The standard InChI is InChI=1S/C21H22N2O2/c1-15-24-20-10-6-4-8-16(20)13-22(2)18-12-19(18)23(3)14-17-9-5-7-11-21(17)25-15/h4-11,13-15,18-19H,2-3,12H2,1H3. The molecule has 0 N–H and O–H groups in total. The van der Waals surface area contributed by atoms with Gasteiger partial charge in [-0.05, 0) is 11.1 Å². The first-order valence-electron chi connectivity index (χ1n) is 8.50. The van der Waals surface area contributed by atoms with Crippen LogP contribution in [-0.2, 0) is 0 Å². The summed E-state index contributed by atoms with van der Waals surface area (Å²) in [4.78, 5) is 0. The SMILES string of the molecule is C=[N+]1[CH-]c2ccccc2OC(C)Oc2ccccc2[CH-][N+](=C)C2CC21. The Morgan fingerprint density at radius 3 is 1.76 bits per heavy atom. The number of fused-ring (bicyclic) bond motifs is 3. The van der Waals surface area contributed by atoms with E-state index in [2.05, 4.69) is 13.4 Å². The highest BCUT2D eigenvalue weighted by molar-refractivity contribution is 5.40. The first-order valence-corrected chi connectivity index (χ1v) is 8.50. The second-order valence-corrected chi connectivity index (χ2v) is 6.54. The fraction of sp³-hybridized carbons (Fsp3) is 0.238. The fourth-order valence-corrected chi connectivity index (χ4v) is 3.20. The summed E-state index contributed by atoms with van der Waals surface area (Å²) < 4.78 is 16.1. The van der Waals surface area contributed by atoms with E-state index in [0.717, 1.165) is 29.0 Å². The van der Waals surface area contributed by atoms with Crippen LogP contribution in [-0.4, -0.2) is 41.0 Å². The zero-order valence-electron chi connectivity index (χ0n) is 14.3. The number of hydrogen-bond acceptors (Lipinski definition) is 2. The van der Waals surface area contributed by atoms with Gasteiger partial charge in [-0.15, -0.1) is 24.3 Å². The van der Waals surface area contributed by atoms with E-state index in [4.69, 9.17) is 9.47 Å². The van der Waals surface area contributed by atoms with Crippen molar-refractivity contribution in [1.82, 2.24) is 0 Å². The summed E-state index contributed by atoms with van der Waals surface area (Å²) in [6.07, 6.45) is 0.610. The van der Waals surface area contributed by atoms with Crippen molar-refractivity contribution in [3.8, 4) is 11.5 Å². The molecule has 128 valence electrons. The van der Waals surface area contributed by atoms with Crippen LogP contribution in [0.5, 0.6) is 11.5 Å². The Bertz CT molecular complexity index is 763. The molecule has 1 saturated carbocycles. The Kier molecular flexibility index (Phi) is 3.88. The molecule has 1 aliphatic carbocycles. The van der Waals surface area contributed by atoms with Crippen LogP contribution >= 0.6 is 0 Å². The van der Waals surface area contributed by atoms with Gasteiger partial charge in [-0.25, -0.2) is 0 Å². The molecule has 0 radical (unpaired) electrons. The second kappa shape index (κ2) is 6.20. The van der Waals surface area contributed by atoms with Gasteiger partial charge >= 0.3 is 0 Å². The molecule has 2 unspecified atom stereocenters.